The Hall–Kier alpha value is -4.66. The lowest BCUT2D eigenvalue weighted by Gasteiger charge is -2.10. The first-order valence-electron chi connectivity index (χ1n) is 11.5. The number of halogens is 2. The second kappa shape index (κ2) is 12.7. The van der Waals surface area contributed by atoms with Crippen LogP contribution in [-0.4, -0.2) is 31.1 Å². The third kappa shape index (κ3) is 7.22. The number of carbonyl (C=O) groups excluding carboxylic acids is 3. The molecule has 2 N–H and O–H groups in total. The van der Waals surface area contributed by atoms with Crippen LogP contribution in [0.2, 0.25) is 10.0 Å². The van der Waals surface area contributed by atoms with Crippen LogP contribution in [0.25, 0.3) is 0 Å². The molecule has 4 aromatic carbocycles. The van der Waals surface area contributed by atoms with Crippen LogP contribution < -0.4 is 20.2 Å². The number of nitrogens with one attached hydrogen (secondary N) is 2. The van der Waals surface area contributed by atoms with Gasteiger partial charge < -0.3 is 14.8 Å². The number of ether oxygens (including phenoxy) is 2. The molecule has 2 amide bonds. The van der Waals surface area contributed by atoms with Crippen LogP contribution in [0.3, 0.4) is 0 Å². The highest BCUT2D eigenvalue weighted by atomic mass is 35.5. The van der Waals surface area contributed by atoms with Crippen molar-refractivity contribution in [2.45, 2.75) is 0 Å². The van der Waals surface area contributed by atoms with Gasteiger partial charge in [-0.25, -0.2) is 10.2 Å². The molecule has 4 rings (SSSR count). The number of hydrogen-bond acceptors (Lipinski definition) is 6. The Morgan fingerprint density at radius 2 is 1.56 bits per heavy atom. The van der Waals surface area contributed by atoms with Gasteiger partial charge in [0.2, 0.25) is 0 Å². The first-order chi connectivity index (χ1) is 18.8. The zero-order chi connectivity index (χ0) is 27.8. The van der Waals surface area contributed by atoms with E-state index in [9.17, 15) is 14.4 Å². The number of nitrogens with zero attached hydrogens (tertiary/aromatic N) is 1. The van der Waals surface area contributed by atoms with Gasteiger partial charge in [-0.2, -0.15) is 5.10 Å². The molecule has 0 aliphatic carbocycles. The predicted octanol–water partition coefficient (Wildman–Crippen LogP) is 6.24. The summed E-state index contributed by atoms with van der Waals surface area (Å²) < 4.78 is 10.8. The van der Waals surface area contributed by atoms with E-state index in [1.807, 2.05) is 6.07 Å². The second-order valence-corrected chi connectivity index (χ2v) is 8.87. The number of benzene rings is 4. The topological polar surface area (TPSA) is 106 Å². The van der Waals surface area contributed by atoms with Gasteiger partial charge in [0.1, 0.15) is 0 Å². The minimum Gasteiger partial charge on any atom is -0.493 e. The summed E-state index contributed by atoms with van der Waals surface area (Å²) in [4.78, 5) is 37.5. The summed E-state index contributed by atoms with van der Waals surface area (Å²) in [5.74, 6) is -0.995. The third-order valence-corrected chi connectivity index (χ3v) is 5.89. The standard InChI is InChI=1S/C29H21Cl2N3O5/c1-38-26-14-18(10-13-25(26)39-29(37)23-12-11-21(30)16-24(23)31)17-32-34-28(36)20-8-5-9-22(15-20)33-27(35)19-6-3-2-4-7-19/h2-17H,1H3,(H,33,35)(H,34,36). The van der Waals surface area contributed by atoms with Gasteiger partial charge in [0, 0.05) is 21.8 Å². The number of hydrogen-bond donors (Lipinski definition) is 2. The molecule has 0 atom stereocenters. The zero-order valence-electron chi connectivity index (χ0n) is 20.5. The van der Waals surface area contributed by atoms with Crippen LogP contribution in [0, 0.1) is 0 Å². The lowest BCUT2D eigenvalue weighted by molar-refractivity contribution is 0.0729. The number of anilines is 1. The Bertz CT molecular complexity index is 1560. The summed E-state index contributed by atoms with van der Waals surface area (Å²) in [5.41, 5.74) is 4.44. The molecule has 0 heterocycles. The number of amides is 2. The van der Waals surface area contributed by atoms with Crippen molar-refractivity contribution in [1.29, 1.82) is 0 Å². The van der Waals surface area contributed by atoms with Crippen molar-refractivity contribution in [2.75, 3.05) is 12.4 Å². The highest BCUT2D eigenvalue weighted by molar-refractivity contribution is 6.36. The normalized spacial score (nSPS) is 10.6. The summed E-state index contributed by atoms with van der Waals surface area (Å²) in [6, 6.07) is 24.4. The summed E-state index contributed by atoms with van der Waals surface area (Å²) >= 11 is 12.0. The van der Waals surface area contributed by atoms with E-state index in [1.165, 1.54) is 37.6 Å². The smallest absolute Gasteiger partial charge is 0.345 e. The molecule has 8 nitrogen and oxygen atoms in total. The van der Waals surface area contributed by atoms with Crippen molar-refractivity contribution < 1.29 is 23.9 Å². The van der Waals surface area contributed by atoms with Gasteiger partial charge >= 0.3 is 5.97 Å². The van der Waals surface area contributed by atoms with Crippen LogP contribution in [0.4, 0.5) is 5.69 Å². The van der Waals surface area contributed by atoms with Crippen molar-refractivity contribution in [1.82, 2.24) is 5.43 Å². The van der Waals surface area contributed by atoms with Gasteiger partial charge in [-0.1, -0.05) is 47.5 Å². The zero-order valence-corrected chi connectivity index (χ0v) is 22.0. The lowest BCUT2D eigenvalue weighted by Crippen LogP contribution is -2.18. The predicted molar refractivity (Wildman–Crippen MR) is 150 cm³/mol. The van der Waals surface area contributed by atoms with Gasteiger partial charge in [0.15, 0.2) is 11.5 Å². The molecular formula is C29H21Cl2N3O5. The number of methoxy groups -OCH3 is 1. The first kappa shape index (κ1) is 27.4. The molecule has 10 heteroatoms. The Labute approximate surface area is 234 Å². The third-order valence-electron chi connectivity index (χ3n) is 5.34. The number of rotatable bonds is 8. The van der Waals surface area contributed by atoms with Crippen molar-refractivity contribution in [2.24, 2.45) is 5.10 Å². The minimum atomic E-state index is -0.675. The van der Waals surface area contributed by atoms with Gasteiger partial charge in [-0.15, -0.1) is 0 Å². The Kier molecular flexibility index (Phi) is 8.94. The van der Waals surface area contributed by atoms with Gasteiger partial charge in [-0.3, -0.25) is 9.59 Å². The van der Waals surface area contributed by atoms with E-state index in [-0.39, 0.29) is 28.0 Å². The van der Waals surface area contributed by atoms with Crippen LogP contribution in [0.15, 0.2) is 96.1 Å². The number of carbonyl (C=O) groups is 3. The van der Waals surface area contributed by atoms with Crippen molar-refractivity contribution in [3.8, 4) is 11.5 Å². The molecule has 0 aliphatic rings. The molecule has 39 heavy (non-hydrogen) atoms. The summed E-state index contributed by atoms with van der Waals surface area (Å²) in [6.45, 7) is 0. The number of hydrazone groups is 1. The van der Waals surface area contributed by atoms with E-state index in [0.717, 1.165) is 0 Å². The summed E-state index contributed by atoms with van der Waals surface area (Å²) in [7, 11) is 1.42. The quantitative estimate of drug-likeness (QED) is 0.115. The maximum atomic E-state index is 12.6. The van der Waals surface area contributed by atoms with Crippen LogP contribution >= 0.6 is 23.2 Å². The van der Waals surface area contributed by atoms with Crippen molar-refractivity contribution >= 4 is 52.9 Å². The van der Waals surface area contributed by atoms with E-state index >= 15 is 0 Å². The van der Waals surface area contributed by atoms with E-state index in [4.69, 9.17) is 32.7 Å². The maximum Gasteiger partial charge on any atom is 0.345 e. The molecule has 0 unspecified atom stereocenters. The number of esters is 1. The van der Waals surface area contributed by atoms with Gasteiger partial charge in [0.05, 0.1) is 23.9 Å². The molecular weight excluding hydrogens is 541 g/mol. The lowest BCUT2D eigenvalue weighted by atomic mass is 10.1. The Balaban J connectivity index is 1.39. The fourth-order valence-electron chi connectivity index (χ4n) is 3.42. The fourth-order valence-corrected chi connectivity index (χ4v) is 3.91. The molecule has 0 aliphatic heterocycles. The molecule has 0 radical (unpaired) electrons. The van der Waals surface area contributed by atoms with Crippen LogP contribution in [-0.2, 0) is 0 Å². The summed E-state index contributed by atoms with van der Waals surface area (Å²) in [5, 5.41) is 7.30. The largest absolute Gasteiger partial charge is 0.493 e. The molecule has 0 fully saturated rings. The minimum absolute atomic E-state index is 0.153. The average Bonchev–Trinajstić information content (AvgIpc) is 2.94. The summed E-state index contributed by atoms with van der Waals surface area (Å²) in [6.07, 6.45) is 1.41. The molecule has 0 spiro atoms. The second-order valence-electron chi connectivity index (χ2n) is 8.02. The highest BCUT2D eigenvalue weighted by Crippen LogP contribution is 2.30. The first-order valence-corrected chi connectivity index (χ1v) is 12.2. The average molecular weight is 562 g/mol. The highest BCUT2D eigenvalue weighted by Gasteiger charge is 2.16. The Morgan fingerprint density at radius 1 is 0.795 bits per heavy atom. The molecule has 4 aromatic rings. The van der Waals surface area contributed by atoms with E-state index in [2.05, 4.69) is 15.8 Å². The van der Waals surface area contributed by atoms with Gasteiger partial charge in [0.25, 0.3) is 11.8 Å². The van der Waals surface area contributed by atoms with E-state index < -0.39 is 11.9 Å². The molecule has 0 bridgehead atoms. The molecule has 0 saturated carbocycles. The Morgan fingerprint density at radius 3 is 2.31 bits per heavy atom. The van der Waals surface area contributed by atoms with Crippen molar-refractivity contribution in [3.05, 3.63) is 123 Å². The van der Waals surface area contributed by atoms with Crippen molar-refractivity contribution in [3.63, 3.8) is 0 Å². The molecule has 0 aromatic heterocycles. The molecule has 0 saturated heterocycles. The SMILES string of the molecule is COc1cc(C=NNC(=O)c2cccc(NC(=O)c3ccccc3)c2)ccc1OC(=O)c1ccc(Cl)cc1Cl. The molecule has 196 valence electrons. The van der Waals surface area contributed by atoms with Gasteiger partial charge in [-0.05, 0) is 72.3 Å². The van der Waals surface area contributed by atoms with E-state index in [0.29, 0.717) is 27.4 Å². The van der Waals surface area contributed by atoms with Crippen LogP contribution in [0.5, 0.6) is 11.5 Å². The van der Waals surface area contributed by atoms with Crippen LogP contribution in [0.1, 0.15) is 36.6 Å². The maximum absolute atomic E-state index is 12.6. The monoisotopic (exact) mass is 561 g/mol. The van der Waals surface area contributed by atoms with E-state index in [1.54, 1.807) is 60.7 Å². The fraction of sp³-hybridized carbons (Fsp3) is 0.0345.